The van der Waals surface area contributed by atoms with Crippen LogP contribution in [0.25, 0.3) is 11.0 Å². The quantitative estimate of drug-likeness (QED) is 0.777. The number of nitrogens with one attached hydrogen (secondary N) is 2. The van der Waals surface area contributed by atoms with Crippen LogP contribution < -0.4 is 5.32 Å². The number of nitrogens with zero attached hydrogens (tertiary/aromatic N) is 4. The van der Waals surface area contributed by atoms with Crippen LogP contribution >= 0.6 is 0 Å². The Morgan fingerprint density at radius 3 is 2.86 bits per heavy atom. The Balaban J connectivity index is 1.75. The lowest BCUT2D eigenvalue weighted by Crippen LogP contribution is -2.18. The number of carbonyl (C=O) groups excluding carboxylic acids is 1. The number of hydrogen-bond acceptors (Lipinski definition) is 4. The number of imidazole rings is 1. The number of H-pyrrole nitrogens is 1. The highest BCUT2D eigenvalue weighted by molar-refractivity contribution is 6.02. The van der Waals surface area contributed by atoms with E-state index in [1.165, 1.54) is 19.0 Å². The van der Waals surface area contributed by atoms with Crippen molar-refractivity contribution in [2.75, 3.05) is 5.32 Å². The second kappa shape index (κ2) is 5.25. The molecule has 4 rings (SSSR count). The molecule has 22 heavy (non-hydrogen) atoms. The van der Waals surface area contributed by atoms with E-state index in [0.717, 1.165) is 23.9 Å². The van der Waals surface area contributed by atoms with Gasteiger partial charge in [-0.1, -0.05) is 25.0 Å². The third-order valence-electron chi connectivity index (χ3n) is 4.16. The number of amides is 1. The average molecular weight is 296 g/mol. The lowest BCUT2D eigenvalue weighted by atomic mass is 10.2. The highest BCUT2D eigenvalue weighted by atomic mass is 16.2. The molecule has 1 aliphatic carbocycles. The summed E-state index contributed by atoms with van der Waals surface area (Å²) in [5.74, 6) is 0.282. The maximum Gasteiger partial charge on any atom is 0.280 e. The largest absolute Gasteiger partial charge is 0.307 e. The van der Waals surface area contributed by atoms with Gasteiger partial charge in [0, 0.05) is 6.04 Å². The van der Waals surface area contributed by atoms with E-state index in [-0.39, 0.29) is 11.6 Å². The monoisotopic (exact) mass is 296 g/mol. The SMILES string of the molecule is O=C(Nc1nc2ccccc2n1C1CCCC1)c1cn[nH]n1. The molecule has 0 bridgehead atoms. The van der Waals surface area contributed by atoms with Crippen molar-refractivity contribution in [3.63, 3.8) is 0 Å². The van der Waals surface area contributed by atoms with Gasteiger partial charge in [-0.2, -0.15) is 15.4 Å². The standard InChI is InChI=1S/C15H16N6O/c22-14(12-9-16-20-19-12)18-15-17-11-7-3-4-8-13(11)21(15)10-5-1-2-6-10/h3-4,7-10H,1-2,5-6H2,(H,16,19,20)(H,17,18,22). The van der Waals surface area contributed by atoms with Crippen molar-refractivity contribution in [1.29, 1.82) is 0 Å². The zero-order valence-electron chi connectivity index (χ0n) is 12.0. The van der Waals surface area contributed by atoms with Crippen molar-refractivity contribution < 1.29 is 4.79 Å². The number of anilines is 1. The Hall–Kier alpha value is -2.70. The summed E-state index contributed by atoms with van der Waals surface area (Å²) in [6, 6.07) is 8.36. The van der Waals surface area contributed by atoms with Crippen LogP contribution in [0.15, 0.2) is 30.5 Å². The molecule has 0 aliphatic heterocycles. The molecule has 7 heteroatoms. The van der Waals surface area contributed by atoms with Crippen molar-refractivity contribution in [2.45, 2.75) is 31.7 Å². The zero-order chi connectivity index (χ0) is 14.9. The molecule has 1 aliphatic rings. The molecule has 0 atom stereocenters. The van der Waals surface area contributed by atoms with E-state index in [9.17, 15) is 4.79 Å². The van der Waals surface area contributed by atoms with E-state index in [4.69, 9.17) is 0 Å². The first-order valence-corrected chi connectivity index (χ1v) is 7.47. The van der Waals surface area contributed by atoms with Crippen molar-refractivity contribution in [3.05, 3.63) is 36.2 Å². The number of aromatic amines is 1. The topological polar surface area (TPSA) is 88.5 Å². The summed E-state index contributed by atoms with van der Waals surface area (Å²) in [6.45, 7) is 0. The summed E-state index contributed by atoms with van der Waals surface area (Å²) in [5, 5.41) is 12.8. The van der Waals surface area contributed by atoms with Crippen molar-refractivity contribution in [2.24, 2.45) is 0 Å². The highest BCUT2D eigenvalue weighted by Gasteiger charge is 2.24. The van der Waals surface area contributed by atoms with Crippen LogP contribution in [0.1, 0.15) is 42.2 Å². The number of aromatic nitrogens is 5. The molecular formula is C15H16N6O. The van der Waals surface area contributed by atoms with Gasteiger partial charge >= 0.3 is 0 Å². The van der Waals surface area contributed by atoms with Gasteiger partial charge < -0.3 is 4.57 Å². The predicted molar refractivity (Wildman–Crippen MR) is 81.6 cm³/mol. The van der Waals surface area contributed by atoms with Gasteiger partial charge in [-0.05, 0) is 25.0 Å². The van der Waals surface area contributed by atoms with E-state index in [1.54, 1.807) is 0 Å². The summed E-state index contributed by atoms with van der Waals surface area (Å²) in [4.78, 5) is 16.8. The van der Waals surface area contributed by atoms with Crippen molar-refractivity contribution in [1.82, 2.24) is 25.0 Å². The van der Waals surface area contributed by atoms with Gasteiger partial charge in [-0.25, -0.2) is 4.98 Å². The van der Waals surface area contributed by atoms with Crippen LogP contribution in [0.5, 0.6) is 0 Å². The van der Waals surface area contributed by atoms with Gasteiger partial charge in [0.05, 0.1) is 17.2 Å². The molecule has 0 spiro atoms. The Kier molecular flexibility index (Phi) is 3.10. The van der Waals surface area contributed by atoms with E-state index in [1.807, 2.05) is 24.3 Å². The summed E-state index contributed by atoms with van der Waals surface area (Å²) in [5.41, 5.74) is 2.21. The molecule has 2 N–H and O–H groups in total. The number of rotatable bonds is 3. The van der Waals surface area contributed by atoms with E-state index < -0.39 is 0 Å². The average Bonchev–Trinajstić information content (AvgIpc) is 3.27. The Morgan fingerprint density at radius 2 is 2.09 bits per heavy atom. The van der Waals surface area contributed by atoms with E-state index >= 15 is 0 Å². The molecule has 2 heterocycles. The van der Waals surface area contributed by atoms with Gasteiger partial charge in [-0.3, -0.25) is 10.1 Å². The van der Waals surface area contributed by atoms with Gasteiger partial charge in [0.15, 0.2) is 5.69 Å². The smallest absolute Gasteiger partial charge is 0.280 e. The molecule has 1 aromatic carbocycles. The molecule has 0 saturated heterocycles. The minimum absolute atomic E-state index is 0.255. The van der Waals surface area contributed by atoms with Crippen LogP contribution in [0.2, 0.25) is 0 Å². The Bertz CT molecular complexity index is 801. The fraction of sp³-hybridized carbons (Fsp3) is 0.333. The van der Waals surface area contributed by atoms with Crippen LogP contribution in [0, 0.1) is 0 Å². The third kappa shape index (κ3) is 2.14. The summed E-state index contributed by atoms with van der Waals surface area (Å²) in [6.07, 6.45) is 6.07. The highest BCUT2D eigenvalue weighted by Crippen LogP contribution is 2.35. The van der Waals surface area contributed by atoms with Crippen LogP contribution in [-0.4, -0.2) is 30.9 Å². The van der Waals surface area contributed by atoms with Gasteiger partial charge in [0.25, 0.3) is 5.91 Å². The normalized spacial score (nSPS) is 15.5. The number of carbonyl (C=O) groups is 1. The fourth-order valence-corrected chi connectivity index (χ4v) is 3.14. The number of fused-ring (bicyclic) bond motifs is 1. The first-order chi connectivity index (χ1) is 10.8. The zero-order valence-corrected chi connectivity index (χ0v) is 12.0. The lowest BCUT2D eigenvalue weighted by Gasteiger charge is -2.16. The maximum atomic E-state index is 12.2. The Labute approximate surface area is 126 Å². The van der Waals surface area contributed by atoms with E-state index in [2.05, 4.69) is 30.3 Å². The van der Waals surface area contributed by atoms with Crippen LogP contribution in [0.4, 0.5) is 5.95 Å². The van der Waals surface area contributed by atoms with Gasteiger partial charge in [0.2, 0.25) is 5.95 Å². The molecular weight excluding hydrogens is 280 g/mol. The minimum Gasteiger partial charge on any atom is -0.307 e. The molecule has 3 aromatic rings. The van der Waals surface area contributed by atoms with Crippen LogP contribution in [0.3, 0.4) is 0 Å². The molecule has 1 amide bonds. The maximum absolute atomic E-state index is 12.2. The minimum atomic E-state index is -0.302. The fourth-order valence-electron chi connectivity index (χ4n) is 3.14. The number of para-hydroxylation sites is 2. The van der Waals surface area contributed by atoms with Crippen molar-refractivity contribution >= 4 is 22.9 Å². The Morgan fingerprint density at radius 1 is 1.27 bits per heavy atom. The van der Waals surface area contributed by atoms with Crippen LogP contribution in [-0.2, 0) is 0 Å². The molecule has 0 radical (unpaired) electrons. The van der Waals surface area contributed by atoms with Gasteiger partial charge in [0.1, 0.15) is 0 Å². The first-order valence-electron chi connectivity index (χ1n) is 7.47. The number of hydrogen-bond donors (Lipinski definition) is 2. The first kappa shape index (κ1) is 13.0. The number of benzene rings is 1. The van der Waals surface area contributed by atoms with Crippen molar-refractivity contribution in [3.8, 4) is 0 Å². The molecule has 112 valence electrons. The summed E-state index contributed by atoms with van der Waals surface area (Å²) in [7, 11) is 0. The lowest BCUT2D eigenvalue weighted by molar-refractivity contribution is 0.102. The summed E-state index contributed by atoms with van der Waals surface area (Å²) >= 11 is 0. The second-order valence-electron chi connectivity index (χ2n) is 5.54. The second-order valence-corrected chi connectivity index (χ2v) is 5.54. The molecule has 0 unspecified atom stereocenters. The molecule has 1 fully saturated rings. The molecule has 1 saturated carbocycles. The molecule has 7 nitrogen and oxygen atoms in total. The predicted octanol–water partition coefficient (Wildman–Crippen LogP) is 2.52. The molecule has 2 aromatic heterocycles. The third-order valence-corrected chi connectivity index (χ3v) is 4.16. The van der Waals surface area contributed by atoms with Gasteiger partial charge in [-0.15, -0.1) is 0 Å². The van der Waals surface area contributed by atoms with E-state index in [0.29, 0.717) is 12.0 Å². The summed E-state index contributed by atoms with van der Waals surface area (Å²) < 4.78 is 2.15.